The van der Waals surface area contributed by atoms with E-state index in [0.29, 0.717) is 6.42 Å². The van der Waals surface area contributed by atoms with Crippen LogP contribution in [0.4, 0.5) is 0 Å². The smallest absolute Gasteiger partial charge is 0.157 e. The Bertz CT molecular complexity index is 345. The lowest BCUT2D eigenvalue weighted by atomic mass is 9.90. The van der Waals surface area contributed by atoms with E-state index < -0.39 is 0 Å². The van der Waals surface area contributed by atoms with E-state index in [1.54, 1.807) is 6.07 Å². The Morgan fingerprint density at radius 1 is 1.27 bits per heavy atom. The van der Waals surface area contributed by atoms with Crippen LogP contribution >= 0.6 is 0 Å². The van der Waals surface area contributed by atoms with Gasteiger partial charge in [-0.3, -0.25) is 0 Å². The summed E-state index contributed by atoms with van der Waals surface area (Å²) < 4.78 is 0. The highest BCUT2D eigenvalue weighted by molar-refractivity contribution is 5.55. The molecule has 0 bridgehead atoms. The van der Waals surface area contributed by atoms with E-state index >= 15 is 0 Å². The number of carbonyl (C=O) groups is 1. The van der Waals surface area contributed by atoms with Gasteiger partial charge in [0.1, 0.15) is 6.29 Å². The van der Waals surface area contributed by atoms with Gasteiger partial charge in [-0.15, -0.1) is 0 Å². The fourth-order valence-corrected chi connectivity index (χ4v) is 1.41. The monoisotopic (exact) mass is 208 g/mol. The van der Waals surface area contributed by atoms with Crippen LogP contribution in [0, 0.1) is 11.8 Å². The fraction of sp³-hybridized carbons (Fsp3) is 0.417. The van der Waals surface area contributed by atoms with E-state index in [0.717, 1.165) is 11.8 Å². The molecule has 2 N–H and O–H groups in total. The molecule has 15 heavy (non-hydrogen) atoms. The van der Waals surface area contributed by atoms with Crippen LogP contribution in [-0.4, -0.2) is 16.5 Å². The van der Waals surface area contributed by atoms with Crippen LogP contribution in [-0.2, 0) is 11.2 Å². The molecule has 1 aromatic carbocycles. The predicted molar refractivity (Wildman–Crippen MR) is 57.9 cm³/mol. The minimum absolute atomic E-state index is 0.0473. The third-order valence-corrected chi connectivity index (χ3v) is 2.54. The second-order valence-electron chi connectivity index (χ2n) is 4.07. The van der Waals surface area contributed by atoms with Crippen molar-refractivity contribution in [2.24, 2.45) is 11.8 Å². The number of rotatable bonds is 4. The lowest BCUT2D eigenvalue weighted by molar-refractivity contribution is -0.112. The number of hydrogen-bond donors (Lipinski definition) is 2. The van der Waals surface area contributed by atoms with E-state index in [2.05, 4.69) is 0 Å². The van der Waals surface area contributed by atoms with Crippen molar-refractivity contribution in [1.29, 1.82) is 0 Å². The van der Waals surface area contributed by atoms with E-state index in [4.69, 9.17) is 5.11 Å². The summed E-state index contributed by atoms with van der Waals surface area (Å²) in [5.41, 5.74) is 0.858. The predicted octanol–water partition coefficient (Wildman–Crippen LogP) is 2.11. The molecule has 0 saturated carbocycles. The van der Waals surface area contributed by atoms with Crippen LogP contribution in [0.25, 0.3) is 0 Å². The Kier molecular flexibility index (Phi) is 3.72. The zero-order chi connectivity index (χ0) is 11.4. The standard InChI is InChI=1S/C12H16O3/c1-8(2)10(7-13)5-9-3-4-11(14)12(15)6-9/h3-4,6-8,10,14-15H,5H2,1-2H3. The van der Waals surface area contributed by atoms with Gasteiger partial charge >= 0.3 is 0 Å². The highest BCUT2D eigenvalue weighted by atomic mass is 16.3. The highest BCUT2D eigenvalue weighted by Crippen LogP contribution is 2.26. The first kappa shape index (κ1) is 11.6. The Hall–Kier alpha value is -1.51. The topological polar surface area (TPSA) is 57.5 Å². The van der Waals surface area contributed by atoms with E-state index in [9.17, 15) is 9.90 Å². The molecule has 82 valence electrons. The van der Waals surface area contributed by atoms with Crippen LogP contribution in [0.3, 0.4) is 0 Å². The summed E-state index contributed by atoms with van der Waals surface area (Å²) in [5.74, 6) is -0.0424. The van der Waals surface area contributed by atoms with Crippen molar-refractivity contribution in [2.75, 3.05) is 0 Å². The minimum atomic E-state index is -0.138. The Morgan fingerprint density at radius 2 is 1.93 bits per heavy atom. The maximum absolute atomic E-state index is 10.8. The molecule has 0 aliphatic rings. The van der Waals surface area contributed by atoms with Gasteiger partial charge in [-0.25, -0.2) is 0 Å². The normalized spacial score (nSPS) is 12.7. The second-order valence-corrected chi connectivity index (χ2v) is 4.07. The number of aromatic hydroxyl groups is 2. The van der Waals surface area contributed by atoms with Crippen molar-refractivity contribution in [3.05, 3.63) is 23.8 Å². The maximum Gasteiger partial charge on any atom is 0.157 e. The molecule has 1 atom stereocenters. The summed E-state index contributed by atoms with van der Waals surface area (Å²) in [6, 6.07) is 4.65. The lowest BCUT2D eigenvalue weighted by Crippen LogP contribution is -2.13. The summed E-state index contributed by atoms with van der Waals surface area (Å²) in [6.45, 7) is 3.97. The number of phenols is 2. The fourth-order valence-electron chi connectivity index (χ4n) is 1.41. The molecular formula is C12H16O3. The van der Waals surface area contributed by atoms with Crippen LogP contribution in [0.2, 0.25) is 0 Å². The lowest BCUT2D eigenvalue weighted by Gasteiger charge is -2.14. The number of benzene rings is 1. The summed E-state index contributed by atoms with van der Waals surface area (Å²) in [7, 11) is 0. The molecule has 0 aromatic heterocycles. The molecule has 1 aromatic rings. The van der Waals surface area contributed by atoms with E-state index in [1.165, 1.54) is 12.1 Å². The Labute approximate surface area is 89.4 Å². The van der Waals surface area contributed by atoms with E-state index in [1.807, 2.05) is 13.8 Å². The van der Waals surface area contributed by atoms with Gasteiger partial charge in [-0.05, 0) is 30.0 Å². The first-order valence-corrected chi connectivity index (χ1v) is 5.00. The molecule has 0 amide bonds. The highest BCUT2D eigenvalue weighted by Gasteiger charge is 2.13. The molecule has 1 unspecified atom stereocenters. The second kappa shape index (κ2) is 4.82. The van der Waals surface area contributed by atoms with E-state index in [-0.39, 0.29) is 23.3 Å². The zero-order valence-corrected chi connectivity index (χ0v) is 8.97. The van der Waals surface area contributed by atoms with Crippen molar-refractivity contribution in [1.82, 2.24) is 0 Å². The first-order valence-electron chi connectivity index (χ1n) is 5.00. The van der Waals surface area contributed by atoms with Crippen LogP contribution < -0.4 is 0 Å². The average molecular weight is 208 g/mol. The summed E-state index contributed by atoms with van der Waals surface area (Å²) in [6.07, 6.45) is 1.53. The van der Waals surface area contributed by atoms with Crippen LogP contribution in [0.5, 0.6) is 11.5 Å². The SMILES string of the molecule is CC(C)C(C=O)Cc1ccc(O)c(O)c1. The molecule has 3 heteroatoms. The molecule has 3 nitrogen and oxygen atoms in total. The summed E-state index contributed by atoms with van der Waals surface area (Å²) >= 11 is 0. The number of phenolic OH excluding ortho intramolecular Hbond substituents is 2. The number of hydrogen-bond acceptors (Lipinski definition) is 3. The molecule has 0 radical (unpaired) electrons. The summed E-state index contributed by atoms with van der Waals surface area (Å²) in [5, 5.41) is 18.4. The van der Waals surface area contributed by atoms with Crippen molar-refractivity contribution in [3.8, 4) is 11.5 Å². The summed E-state index contributed by atoms with van der Waals surface area (Å²) in [4.78, 5) is 10.8. The molecule has 0 aliphatic carbocycles. The van der Waals surface area contributed by atoms with Gasteiger partial charge < -0.3 is 15.0 Å². The van der Waals surface area contributed by atoms with Gasteiger partial charge in [-0.1, -0.05) is 19.9 Å². The molecule has 0 aliphatic heterocycles. The molecule has 1 rings (SSSR count). The molecule has 0 saturated heterocycles. The van der Waals surface area contributed by atoms with Crippen LogP contribution in [0.15, 0.2) is 18.2 Å². The third kappa shape index (κ3) is 2.98. The van der Waals surface area contributed by atoms with Crippen molar-refractivity contribution >= 4 is 6.29 Å². The largest absolute Gasteiger partial charge is 0.504 e. The maximum atomic E-state index is 10.8. The average Bonchev–Trinajstić information content (AvgIpc) is 2.19. The van der Waals surface area contributed by atoms with Gasteiger partial charge in [0, 0.05) is 5.92 Å². The van der Waals surface area contributed by atoms with Crippen molar-refractivity contribution in [3.63, 3.8) is 0 Å². The molecule has 0 spiro atoms. The van der Waals surface area contributed by atoms with Gasteiger partial charge in [0.05, 0.1) is 0 Å². The van der Waals surface area contributed by atoms with Crippen molar-refractivity contribution < 1.29 is 15.0 Å². The molecule has 0 fully saturated rings. The zero-order valence-electron chi connectivity index (χ0n) is 8.97. The minimum Gasteiger partial charge on any atom is -0.504 e. The van der Waals surface area contributed by atoms with Crippen molar-refractivity contribution in [2.45, 2.75) is 20.3 Å². The first-order chi connectivity index (χ1) is 7.04. The van der Waals surface area contributed by atoms with Gasteiger partial charge in [-0.2, -0.15) is 0 Å². The number of aldehydes is 1. The Balaban J connectivity index is 2.80. The number of carbonyl (C=O) groups excluding carboxylic acids is 1. The van der Waals surface area contributed by atoms with Gasteiger partial charge in [0.25, 0.3) is 0 Å². The molecular weight excluding hydrogens is 192 g/mol. The molecule has 0 heterocycles. The van der Waals surface area contributed by atoms with Gasteiger partial charge in [0.15, 0.2) is 11.5 Å². The van der Waals surface area contributed by atoms with Gasteiger partial charge in [0.2, 0.25) is 0 Å². The third-order valence-electron chi connectivity index (χ3n) is 2.54. The van der Waals surface area contributed by atoms with Crippen LogP contribution in [0.1, 0.15) is 19.4 Å². The quantitative estimate of drug-likeness (QED) is 0.588. The Morgan fingerprint density at radius 3 is 2.40 bits per heavy atom.